The standard InChI is InChI=1S/C6H7N2O/c7-6-3-5(4-9)1-2-8-6/h1-3,7,9H,4H2. The molecular weight excluding hydrogens is 116 g/mol. The maximum Gasteiger partial charge on any atom is 0.144 e. The van der Waals surface area contributed by atoms with E-state index in [0.717, 1.165) is 5.56 Å². The Hall–Kier alpha value is -1.09. The Labute approximate surface area is 53.2 Å². The Morgan fingerprint density at radius 2 is 2.44 bits per heavy atom. The average Bonchev–Trinajstić information content (AvgIpc) is 1.88. The predicted octanol–water partition coefficient (Wildman–Crippen LogP) is 0.488. The number of aromatic nitrogens is 1. The number of nitrogens with zero attached hydrogens (tertiary/aromatic N) is 1. The van der Waals surface area contributed by atoms with E-state index in [9.17, 15) is 0 Å². The molecule has 1 rings (SSSR count). The highest BCUT2D eigenvalue weighted by molar-refractivity contribution is 5.27. The van der Waals surface area contributed by atoms with Gasteiger partial charge in [0.05, 0.1) is 6.61 Å². The van der Waals surface area contributed by atoms with Crippen LogP contribution in [0.2, 0.25) is 0 Å². The molecule has 1 aromatic rings. The summed E-state index contributed by atoms with van der Waals surface area (Å²) in [4.78, 5) is 3.64. The molecule has 0 saturated heterocycles. The van der Waals surface area contributed by atoms with Crippen molar-refractivity contribution < 1.29 is 5.11 Å². The number of rotatable bonds is 1. The third kappa shape index (κ3) is 1.40. The van der Waals surface area contributed by atoms with Gasteiger partial charge in [-0.1, -0.05) is 0 Å². The van der Waals surface area contributed by atoms with Crippen molar-refractivity contribution in [2.75, 3.05) is 0 Å². The molecule has 0 atom stereocenters. The maximum absolute atomic E-state index is 8.55. The molecule has 2 N–H and O–H groups in total. The second-order valence-corrected chi connectivity index (χ2v) is 1.71. The molecule has 1 heterocycles. The fraction of sp³-hybridized carbons (Fsp3) is 0.167. The van der Waals surface area contributed by atoms with Gasteiger partial charge in [0.15, 0.2) is 0 Å². The molecule has 0 aliphatic rings. The zero-order valence-corrected chi connectivity index (χ0v) is 4.83. The molecule has 0 unspecified atom stereocenters. The van der Waals surface area contributed by atoms with Crippen LogP contribution < -0.4 is 5.73 Å². The molecule has 0 aromatic carbocycles. The molecule has 3 nitrogen and oxygen atoms in total. The van der Waals surface area contributed by atoms with Crippen molar-refractivity contribution in [2.24, 2.45) is 0 Å². The van der Waals surface area contributed by atoms with Crippen molar-refractivity contribution in [1.29, 1.82) is 0 Å². The van der Waals surface area contributed by atoms with E-state index in [1.807, 2.05) is 0 Å². The molecule has 0 fully saturated rings. The zero-order valence-electron chi connectivity index (χ0n) is 4.83. The number of pyridine rings is 1. The first-order valence-corrected chi connectivity index (χ1v) is 2.60. The van der Waals surface area contributed by atoms with E-state index >= 15 is 0 Å². The minimum absolute atomic E-state index is 0.0194. The molecule has 1 radical (unpaired) electrons. The van der Waals surface area contributed by atoms with E-state index < -0.39 is 0 Å². The van der Waals surface area contributed by atoms with Crippen LogP contribution in [0.5, 0.6) is 0 Å². The quantitative estimate of drug-likeness (QED) is 0.590. The van der Waals surface area contributed by atoms with Crippen LogP contribution in [-0.2, 0) is 6.61 Å². The van der Waals surface area contributed by atoms with Crippen LogP contribution in [0.1, 0.15) is 5.56 Å². The van der Waals surface area contributed by atoms with Gasteiger partial charge in [0, 0.05) is 6.20 Å². The second kappa shape index (κ2) is 2.46. The van der Waals surface area contributed by atoms with Crippen molar-refractivity contribution in [3.05, 3.63) is 23.9 Å². The van der Waals surface area contributed by atoms with Gasteiger partial charge in [-0.3, -0.25) is 5.73 Å². The Balaban J connectivity index is 2.94. The number of aliphatic hydroxyl groups excluding tert-OH is 1. The van der Waals surface area contributed by atoms with Gasteiger partial charge in [-0.25, -0.2) is 4.98 Å². The van der Waals surface area contributed by atoms with E-state index in [2.05, 4.69) is 4.98 Å². The molecule has 0 spiro atoms. The summed E-state index contributed by atoms with van der Waals surface area (Å²) in [7, 11) is 0. The normalized spacial score (nSPS) is 9.44. The van der Waals surface area contributed by atoms with Crippen LogP contribution in [0.15, 0.2) is 18.3 Å². The monoisotopic (exact) mass is 123 g/mol. The van der Waals surface area contributed by atoms with E-state index in [4.69, 9.17) is 10.8 Å². The van der Waals surface area contributed by atoms with Gasteiger partial charge in [-0.15, -0.1) is 0 Å². The van der Waals surface area contributed by atoms with Gasteiger partial charge < -0.3 is 5.11 Å². The summed E-state index contributed by atoms with van der Waals surface area (Å²) in [5.41, 5.74) is 7.75. The SMILES string of the molecule is [NH]c1cc(CO)ccn1. The third-order valence-corrected chi connectivity index (χ3v) is 1.01. The Morgan fingerprint density at radius 1 is 1.67 bits per heavy atom. The number of aliphatic hydroxyl groups is 1. The summed E-state index contributed by atoms with van der Waals surface area (Å²) >= 11 is 0. The highest BCUT2D eigenvalue weighted by atomic mass is 16.3. The first-order valence-electron chi connectivity index (χ1n) is 2.60. The highest BCUT2D eigenvalue weighted by Gasteiger charge is 1.89. The molecule has 0 amide bonds. The Bertz CT molecular complexity index is 200. The largest absolute Gasteiger partial charge is 0.392 e. The Morgan fingerprint density at radius 3 is 2.89 bits per heavy atom. The smallest absolute Gasteiger partial charge is 0.144 e. The van der Waals surface area contributed by atoms with Gasteiger partial charge in [0.25, 0.3) is 0 Å². The van der Waals surface area contributed by atoms with Gasteiger partial charge in [-0.2, -0.15) is 0 Å². The van der Waals surface area contributed by atoms with Crippen molar-refractivity contribution in [1.82, 2.24) is 10.7 Å². The molecule has 3 heteroatoms. The van der Waals surface area contributed by atoms with Crippen LogP contribution >= 0.6 is 0 Å². The lowest BCUT2D eigenvalue weighted by Gasteiger charge is -1.93. The third-order valence-electron chi connectivity index (χ3n) is 1.01. The molecule has 1 aromatic heterocycles. The summed E-state index contributed by atoms with van der Waals surface area (Å²) in [5.74, 6) is 0.196. The van der Waals surface area contributed by atoms with Crippen LogP contribution in [-0.4, -0.2) is 10.1 Å². The van der Waals surface area contributed by atoms with Crippen molar-refractivity contribution in [2.45, 2.75) is 6.61 Å². The molecule has 0 bridgehead atoms. The highest BCUT2D eigenvalue weighted by Crippen LogP contribution is 2.02. The van der Waals surface area contributed by atoms with Gasteiger partial charge in [0.1, 0.15) is 5.82 Å². The number of hydrogen-bond donors (Lipinski definition) is 1. The van der Waals surface area contributed by atoms with Crippen molar-refractivity contribution in [3.8, 4) is 0 Å². The lowest BCUT2D eigenvalue weighted by atomic mass is 10.3. The number of nitrogens with one attached hydrogen (secondary N) is 1. The first kappa shape index (κ1) is 6.04. The minimum Gasteiger partial charge on any atom is -0.392 e. The van der Waals surface area contributed by atoms with Crippen LogP contribution in [0.4, 0.5) is 5.82 Å². The van der Waals surface area contributed by atoms with Crippen LogP contribution in [0.3, 0.4) is 0 Å². The van der Waals surface area contributed by atoms with Gasteiger partial charge in [-0.05, 0) is 17.7 Å². The first-order chi connectivity index (χ1) is 4.33. The number of hydrogen-bond acceptors (Lipinski definition) is 2. The summed E-state index contributed by atoms with van der Waals surface area (Å²) in [5, 5.41) is 8.55. The fourth-order valence-corrected chi connectivity index (χ4v) is 0.573. The van der Waals surface area contributed by atoms with Gasteiger partial charge >= 0.3 is 0 Å². The van der Waals surface area contributed by atoms with E-state index in [0.29, 0.717) is 0 Å². The zero-order chi connectivity index (χ0) is 6.69. The lowest BCUT2D eigenvalue weighted by Crippen LogP contribution is -1.83. The van der Waals surface area contributed by atoms with Gasteiger partial charge in [0.2, 0.25) is 0 Å². The molecule has 9 heavy (non-hydrogen) atoms. The van der Waals surface area contributed by atoms with Crippen molar-refractivity contribution >= 4 is 5.82 Å². The summed E-state index contributed by atoms with van der Waals surface area (Å²) in [6.45, 7) is -0.0194. The molecule has 0 aliphatic heterocycles. The topological polar surface area (TPSA) is 56.9 Å². The van der Waals surface area contributed by atoms with E-state index in [1.165, 1.54) is 12.3 Å². The molecular formula is C6H7N2O. The summed E-state index contributed by atoms with van der Waals surface area (Å²) in [6.07, 6.45) is 1.51. The molecule has 0 saturated carbocycles. The Kier molecular flexibility index (Phi) is 1.65. The van der Waals surface area contributed by atoms with E-state index in [1.54, 1.807) is 6.07 Å². The van der Waals surface area contributed by atoms with Crippen LogP contribution in [0, 0.1) is 0 Å². The summed E-state index contributed by atoms with van der Waals surface area (Å²) < 4.78 is 0. The summed E-state index contributed by atoms with van der Waals surface area (Å²) in [6, 6.07) is 3.21. The second-order valence-electron chi connectivity index (χ2n) is 1.71. The molecule has 47 valence electrons. The molecule has 0 aliphatic carbocycles. The minimum atomic E-state index is -0.0194. The van der Waals surface area contributed by atoms with Crippen LogP contribution in [0.25, 0.3) is 0 Å². The average molecular weight is 123 g/mol. The van der Waals surface area contributed by atoms with Crippen molar-refractivity contribution in [3.63, 3.8) is 0 Å². The maximum atomic E-state index is 8.55. The fourth-order valence-electron chi connectivity index (χ4n) is 0.573. The lowest BCUT2D eigenvalue weighted by molar-refractivity contribution is 0.282. The predicted molar refractivity (Wildman–Crippen MR) is 32.9 cm³/mol. The van der Waals surface area contributed by atoms with E-state index in [-0.39, 0.29) is 12.4 Å².